The molecule has 0 heterocycles. The zero-order chi connectivity index (χ0) is 19.3. The molecule has 0 aliphatic rings. The predicted molar refractivity (Wildman–Crippen MR) is 70.6 cm³/mol. The van der Waals surface area contributed by atoms with Crippen molar-refractivity contribution in [2.24, 2.45) is 0 Å². The molecule has 0 spiro atoms. The molecule has 23 heavy (non-hydrogen) atoms. The van der Waals surface area contributed by atoms with Gasteiger partial charge in [0.25, 0.3) is 0 Å². The van der Waals surface area contributed by atoms with Crippen LogP contribution in [0.1, 0.15) is 40.5 Å². The van der Waals surface area contributed by atoms with Crippen molar-refractivity contribution < 1.29 is 44.3 Å². The van der Waals surface area contributed by atoms with E-state index in [9.17, 15) is 44.3 Å². The van der Waals surface area contributed by atoms with Crippen LogP contribution in [0.15, 0.2) is 0 Å². The second kappa shape index (κ2) is 8.11. The molecule has 0 saturated carbocycles. The molecule has 0 unspecified atom stereocenters. The van der Waals surface area contributed by atoms with E-state index in [0.29, 0.717) is 5.75 Å². The molecule has 11 heteroatoms. The standard InChI is InChI=1S/C8H18O2S.C4F6O2/c1-5-6-7-11(9,10)8(2,3)4;5-3(6,7)1(11)2(12)4(8,9)10/h5-7H2,1-4H3;. The van der Waals surface area contributed by atoms with Crippen molar-refractivity contribution in [3.63, 3.8) is 0 Å². The highest BCUT2D eigenvalue weighted by Crippen LogP contribution is 2.24. The third-order valence-corrected chi connectivity index (χ3v) is 5.11. The Labute approximate surface area is 130 Å². The second-order valence-corrected chi connectivity index (χ2v) is 8.30. The normalized spacial score (nSPS) is 13.1. The molecule has 0 aromatic rings. The van der Waals surface area contributed by atoms with Crippen molar-refractivity contribution in [1.29, 1.82) is 0 Å². The van der Waals surface area contributed by atoms with Crippen molar-refractivity contribution in [3.8, 4) is 0 Å². The van der Waals surface area contributed by atoms with E-state index in [1.807, 2.05) is 6.92 Å². The maximum Gasteiger partial charge on any atom is 0.458 e. The quantitative estimate of drug-likeness (QED) is 0.561. The Balaban J connectivity index is 0. The Morgan fingerprint density at radius 2 is 1.13 bits per heavy atom. The van der Waals surface area contributed by atoms with Gasteiger partial charge < -0.3 is 0 Å². The van der Waals surface area contributed by atoms with Gasteiger partial charge in [-0.05, 0) is 27.2 Å². The minimum absolute atomic E-state index is 0.326. The number of hydrogen-bond acceptors (Lipinski definition) is 4. The van der Waals surface area contributed by atoms with Crippen LogP contribution in [0, 0.1) is 0 Å². The molecule has 0 rings (SSSR count). The summed E-state index contributed by atoms with van der Waals surface area (Å²) in [6, 6.07) is 0. The van der Waals surface area contributed by atoms with Crippen molar-refractivity contribution in [1.82, 2.24) is 0 Å². The van der Waals surface area contributed by atoms with E-state index in [2.05, 4.69) is 0 Å². The van der Waals surface area contributed by atoms with E-state index in [1.54, 1.807) is 20.8 Å². The lowest BCUT2D eigenvalue weighted by atomic mass is 10.2. The van der Waals surface area contributed by atoms with E-state index in [1.165, 1.54) is 0 Å². The number of unbranched alkanes of at least 4 members (excludes halogenated alkanes) is 1. The molecule has 0 radical (unpaired) electrons. The lowest BCUT2D eigenvalue weighted by Crippen LogP contribution is -2.39. The van der Waals surface area contributed by atoms with Gasteiger partial charge in [-0.1, -0.05) is 13.3 Å². The summed E-state index contributed by atoms with van der Waals surface area (Å²) in [5, 5.41) is 0. The van der Waals surface area contributed by atoms with E-state index < -0.39 is 38.5 Å². The van der Waals surface area contributed by atoms with Crippen LogP contribution in [-0.2, 0) is 19.4 Å². The van der Waals surface area contributed by atoms with Crippen LogP contribution in [0.3, 0.4) is 0 Å². The first-order valence-electron chi connectivity index (χ1n) is 6.33. The smallest absolute Gasteiger partial charge is 0.280 e. The van der Waals surface area contributed by atoms with Gasteiger partial charge in [0.05, 0.1) is 10.5 Å². The fourth-order valence-corrected chi connectivity index (χ4v) is 2.18. The number of carbonyl (C=O) groups is 2. The van der Waals surface area contributed by atoms with Crippen LogP contribution < -0.4 is 0 Å². The van der Waals surface area contributed by atoms with Gasteiger partial charge in [-0.2, -0.15) is 26.3 Å². The van der Waals surface area contributed by atoms with Crippen molar-refractivity contribution in [2.45, 2.75) is 57.6 Å². The van der Waals surface area contributed by atoms with Gasteiger partial charge in [0, 0.05) is 0 Å². The molecule has 0 aliphatic carbocycles. The number of Topliss-reactive ketones (excluding diaryl/α,β-unsaturated/α-hetero) is 2. The molecule has 0 N–H and O–H groups in total. The van der Waals surface area contributed by atoms with Gasteiger partial charge in [-0.3, -0.25) is 9.59 Å². The summed E-state index contributed by atoms with van der Waals surface area (Å²) in [4.78, 5) is 19.2. The van der Waals surface area contributed by atoms with Crippen LogP contribution in [0.25, 0.3) is 0 Å². The van der Waals surface area contributed by atoms with Crippen LogP contribution in [0.4, 0.5) is 26.3 Å². The monoisotopic (exact) mass is 372 g/mol. The molecule has 0 fully saturated rings. The van der Waals surface area contributed by atoms with Crippen LogP contribution in [0.2, 0.25) is 0 Å². The summed E-state index contributed by atoms with van der Waals surface area (Å²) >= 11 is 0. The zero-order valence-corrected chi connectivity index (χ0v) is 13.7. The van der Waals surface area contributed by atoms with E-state index in [-0.39, 0.29) is 0 Å². The highest BCUT2D eigenvalue weighted by molar-refractivity contribution is 7.92. The van der Waals surface area contributed by atoms with Gasteiger partial charge in [-0.25, -0.2) is 8.42 Å². The van der Waals surface area contributed by atoms with Crippen LogP contribution >= 0.6 is 0 Å². The zero-order valence-electron chi connectivity index (χ0n) is 12.9. The maximum absolute atomic E-state index is 11.4. The van der Waals surface area contributed by atoms with E-state index in [4.69, 9.17) is 0 Å². The third kappa shape index (κ3) is 8.92. The van der Waals surface area contributed by atoms with Gasteiger partial charge in [0.1, 0.15) is 0 Å². The molecular formula is C12H18F6O4S. The maximum atomic E-state index is 11.4. The van der Waals surface area contributed by atoms with Gasteiger partial charge in [0.15, 0.2) is 9.84 Å². The Morgan fingerprint density at radius 1 is 0.826 bits per heavy atom. The fraction of sp³-hybridized carbons (Fsp3) is 0.833. The fourth-order valence-electron chi connectivity index (χ4n) is 0.898. The summed E-state index contributed by atoms with van der Waals surface area (Å²) < 4.78 is 89.2. The summed E-state index contributed by atoms with van der Waals surface area (Å²) in [5.41, 5.74) is 0. The lowest BCUT2D eigenvalue weighted by Gasteiger charge is -2.18. The molecule has 0 aromatic heterocycles. The van der Waals surface area contributed by atoms with Gasteiger partial charge >= 0.3 is 23.9 Å². The molecule has 0 bridgehead atoms. The highest BCUT2D eigenvalue weighted by Gasteiger charge is 2.54. The first-order chi connectivity index (χ1) is 9.88. The van der Waals surface area contributed by atoms with Crippen molar-refractivity contribution >= 4 is 21.4 Å². The predicted octanol–water partition coefficient (Wildman–Crippen LogP) is 3.25. The van der Waals surface area contributed by atoms with Crippen LogP contribution in [-0.4, -0.2) is 42.8 Å². The lowest BCUT2D eigenvalue weighted by molar-refractivity contribution is -0.193. The van der Waals surface area contributed by atoms with Crippen LogP contribution in [0.5, 0.6) is 0 Å². The number of rotatable bonds is 4. The molecule has 0 amide bonds. The Morgan fingerprint density at radius 3 is 1.30 bits per heavy atom. The number of ketones is 2. The number of alkyl halides is 6. The molecule has 0 atom stereocenters. The third-order valence-electron chi connectivity index (χ3n) is 2.42. The molecule has 0 aromatic carbocycles. The topological polar surface area (TPSA) is 68.3 Å². The Bertz CT molecular complexity index is 487. The number of carbonyl (C=O) groups excluding carboxylic acids is 2. The molecular weight excluding hydrogens is 354 g/mol. The summed E-state index contributed by atoms with van der Waals surface area (Å²) in [5.74, 6) is -6.49. The largest absolute Gasteiger partial charge is 0.458 e. The number of hydrogen-bond donors (Lipinski definition) is 0. The molecule has 0 saturated heterocycles. The van der Waals surface area contributed by atoms with Gasteiger partial charge in [0.2, 0.25) is 0 Å². The number of halogens is 6. The molecule has 0 aliphatic heterocycles. The summed E-state index contributed by atoms with van der Waals surface area (Å²) in [6.45, 7) is 7.24. The average molecular weight is 372 g/mol. The molecule has 4 nitrogen and oxygen atoms in total. The Kier molecular flexibility index (Phi) is 8.51. The minimum atomic E-state index is -5.77. The highest BCUT2D eigenvalue weighted by atomic mass is 32.2. The first kappa shape index (κ1) is 24.1. The SMILES string of the molecule is CCCCS(=O)(=O)C(C)(C)C.O=C(C(=O)C(F)(F)F)C(F)(F)F. The first-order valence-corrected chi connectivity index (χ1v) is 7.98. The second-order valence-electron chi connectivity index (χ2n) is 5.44. The Hall–Kier alpha value is -1.13. The molecule has 138 valence electrons. The van der Waals surface area contributed by atoms with Crippen molar-refractivity contribution in [2.75, 3.05) is 5.75 Å². The van der Waals surface area contributed by atoms with E-state index >= 15 is 0 Å². The summed E-state index contributed by atoms with van der Waals surface area (Å²) in [6.07, 6.45) is -9.83. The van der Waals surface area contributed by atoms with Crippen molar-refractivity contribution in [3.05, 3.63) is 0 Å². The average Bonchev–Trinajstić information content (AvgIpc) is 2.31. The summed E-state index contributed by atoms with van der Waals surface area (Å²) in [7, 11) is -2.86. The number of sulfone groups is 1. The minimum Gasteiger partial charge on any atom is -0.280 e. The van der Waals surface area contributed by atoms with E-state index in [0.717, 1.165) is 12.8 Å². The van der Waals surface area contributed by atoms with Gasteiger partial charge in [-0.15, -0.1) is 0 Å².